The van der Waals surface area contributed by atoms with Gasteiger partial charge in [0.15, 0.2) is 0 Å². The summed E-state index contributed by atoms with van der Waals surface area (Å²) in [5.74, 6) is 0.896. The van der Waals surface area contributed by atoms with Crippen LogP contribution in [0.2, 0.25) is 0 Å². The predicted molar refractivity (Wildman–Crippen MR) is 122 cm³/mol. The minimum absolute atomic E-state index is 0.174. The molecule has 2 amide bonds. The molecule has 0 aliphatic carbocycles. The first-order chi connectivity index (χ1) is 15.0. The highest BCUT2D eigenvalue weighted by Crippen LogP contribution is 2.25. The van der Waals surface area contributed by atoms with Crippen LogP contribution in [0.5, 0.6) is 11.5 Å². The number of rotatable bonds is 9. The van der Waals surface area contributed by atoms with Crippen LogP contribution in [-0.4, -0.2) is 44.0 Å². The lowest BCUT2D eigenvalue weighted by Gasteiger charge is -2.25. The summed E-state index contributed by atoms with van der Waals surface area (Å²) >= 11 is 1.35. The van der Waals surface area contributed by atoms with Crippen molar-refractivity contribution in [2.45, 2.75) is 19.0 Å². The van der Waals surface area contributed by atoms with Crippen molar-refractivity contribution in [1.82, 2.24) is 10.2 Å². The maximum Gasteiger partial charge on any atom is 0.262 e. The molecule has 1 heterocycles. The molecule has 0 fully saturated rings. The van der Waals surface area contributed by atoms with Crippen LogP contribution in [-0.2, 0) is 17.8 Å². The summed E-state index contributed by atoms with van der Waals surface area (Å²) < 4.78 is 10.7. The summed E-state index contributed by atoms with van der Waals surface area (Å²) in [6, 6.07) is 18.0. The van der Waals surface area contributed by atoms with E-state index in [4.69, 9.17) is 9.47 Å². The summed E-state index contributed by atoms with van der Waals surface area (Å²) in [5.41, 5.74) is 1.82. The molecule has 0 unspecified atom stereocenters. The number of hydrogen-bond acceptors (Lipinski definition) is 5. The monoisotopic (exact) mass is 438 g/mol. The largest absolute Gasteiger partial charge is 0.497 e. The van der Waals surface area contributed by atoms with E-state index in [2.05, 4.69) is 5.32 Å². The third-order valence-corrected chi connectivity index (χ3v) is 5.78. The zero-order valence-corrected chi connectivity index (χ0v) is 18.6. The predicted octanol–water partition coefficient (Wildman–Crippen LogP) is 3.77. The van der Waals surface area contributed by atoms with Crippen molar-refractivity contribution in [3.63, 3.8) is 0 Å². The van der Waals surface area contributed by atoms with Crippen LogP contribution in [0.3, 0.4) is 0 Å². The lowest BCUT2D eigenvalue weighted by Crippen LogP contribution is -2.48. The van der Waals surface area contributed by atoms with Crippen molar-refractivity contribution in [3.05, 3.63) is 82.0 Å². The van der Waals surface area contributed by atoms with E-state index >= 15 is 0 Å². The molecule has 1 aromatic heterocycles. The number of carbonyl (C=O) groups is 2. The topological polar surface area (TPSA) is 67.9 Å². The molecule has 0 aliphatic heterocycles. The number of hydrogen-bond donors (Lipinski definition) is 1. The van der Waals surface area contributed by atoms with Gasteiger partial charge in [-0.2, -0.15) is 0 Å². The third kappa shape index (κ3) is 5.86. The van der Waals surface area contributed by atoms with Gasteiger partial charge in [0.05, 0.1) is 19.1 Å². The number of nitrogens with one attached hydrogen (secondary N) is 1. The van der Waals surface area contributed by atoms with E-state index in [0.717, 1.165) is 11.1 Å². The molecule has 3 rings (SSSR count). The van der Waals surface area contributed by atoms with Gasteiger partial charge in [0.25, 0.3) is 5.91 Å². The van der Waals surface area contributed by atoms with E-state index in [-0.39, 0.29) is 11.8 Å². The van der Waals surface area contributed by atoms with Gasteiger partial charge >= 0.3 is 0 Å². The Kier molecular flexibility index (Phi) is 7.67. The van der Waals surface area contributed by atoms with Crippen LogP contribution in [0.1, 0.15) is 20.8 Å². The summed E-state index contributed by atoms with van der Waals surface area (Å²) in [4.78, 5) is 28.2. The molecule has 1 atom stereocenters. The number of likely N-dealkylation sites (N-methyl/N-ethyl adjacent to an activating group) is 1. The molecule has 0 aliphatic rings. The van der Waals surface area contributed by atoms with Crippen LogP contribution in [0.25, 0.3) is 0 Å². The molecule has 3 aromatic rings. The van der Waals surface area contributed by atoms with Crippen molar-refractivity contribution in [2.24, 2.45) is 0 Å². The third-order valence-electron chi connectivity index (χ3n) is 4.91. The second kappa shape index (κ2) is 10.6. The highest BCUT2D eigenvalue weighted by molar-refractivity contribution is 7.12. The molecule has 0 spiro atoms. The first kappa shape index (κ1) is 22.4. The fourth-order valence-corrected chi connectivity index (χ4v) is 3.90. The van der Waals surface area contributed by atoms with E-state index in [1.54, 1.807) is 38.3 Å². The van der Waals surface area contributed by atoms with Gasteiger partial charge in [-0.1, -0.05) is 36.4 Å². The first-order valence-electron chi connectivity index (χ1n) is 9.86. The average molecular weight is 439 g/mol. The van der Waals surface area contributed by atoms with Crippen LogP contribution < -0.4 is 14.8 Å². The molecule has 0 radical (unpaired) electrons. The van der Waals surface area contributed by atoms with Gasteiger partial charge < -0.3 is 19.7 Å². The highest BCUT2D eigenvalue weighted by Gasteiger charge is 2.26. The highest BCUT2D eigenvalue weighted by atomic mass is 32.1. The van der Waals surface area contributed by atoms with Crippen molar-refractivity contribution in [3.8, 4) is 11.5 Å². The molecule has 162 valence electrons. The Morgan fingerprint density at radius 2 is 1.81 bits per heavy atom. The molecule has 0 saturated heterocycles. The van der Waals surface area contributed by atoms with E-state index < -0.39 is 6.04 Å². The standard InChI is InChI=1S/C24H26N2O4S/c1-26(16-18-11-12-19(29-2)15-21(18)30-3)24(28)20(14-17-8-5-4-6-9-17)25-23(27)22-10-7-13-31-22/h4-13,15,20H,14,16H2,1-3H3,(H,25,27)/t20-/m1/s1. The van der Waals surface area contributed by atoms with E-state index in [9.17, 15) is 9.59 Å². The Balaban J connectivity index is 1.78. The molecular weight excluding hydrogens is 412 g/mol. The molecule has 0 saturated carbocycles. The SMILES string of the molecule is COc1ccc(CN(C)C(=O)[C@@H](Cc2ccccc2)NC(=O)c2cccs2)c(OC)c1. The molecule has 1 N–H and O–H groups in total. The van der Waals surface area contributed by atoms with Crippen LogP contribution >= 0.6 is 11.3 Å². The second-order valence-corrected chi connectivity index (χ2v) is 8.01. The number of ether oxygens (including phenoxy) is 2. The fourth-order valence-electron chi connectivity index (χ4n) is 3.27. The van der Waals surface area contributed by atoms with E-state index in [1.807, 2.05) is 53.9 Å². The Morgan fingerprint density at radius 1 is 1.03 bits per heavy atom. The van der Waals surface area contributed by atoms with Gasteiger partial charge in [-0.3, -0.25) is 9.59 Å². The minimum Gasteiger partial charge on any atom is -0.497 e. The molecular formula is C24H26N2O4S. The number of methoxy groups -OCH3 is 2. The molecule has 31 heavy (non-hydrogen) atoms. The summed E-state index contributed by atoms with van der Waals surface area (Å²) in [7, 11) is 4.90. The maximum atomic E-state index is 13.3. The van der Waals surface area contributed by atoms with E-state index in [0.29, 0.717) is 29.3 Å². The van der Waals surface area contributed by atoms with Gasteiger partial charge in [-0.15, -0.1) is 11.3 Å². The fraction of sp³-hybridized carbons (Fsp3) is 0.250. The second-order valence-electron chi connectivity index (χ2n) is 7.07. The molecule has 2 aromatic carbocycles. The zero-order valence-electron chi connectivity index (χ0n) is 17.8. The zero-order chi connectivity index (χ0) is 22.2. The van der Waals surface area contributed by atoms with Gasteiger partial charge in [0.1, 0.15) is 17.5 Å². The summed E-state index contributed by atoms with van der Waals surface area (Å²) in [5, 5.41) is 4.75. The Hall–Kier alpha value is -3.32. The number of amides is 2. The van der Waals surface area contributed by atoms with Crippen molar-refractivity contribution >= 4 is 23.2 Å². The molecule has 6 nitrogen and oxygen atoms in total. The van der Waals surface area contributed by atoms with E-state index in [1.165, 1.54) is 11.3 Å². The van der Waals surface area contributed by atoms with Crippen molar-refractivity contribution < 1.29 is 19.1 Å². The number of carbonyl (C=O) groups excluding carboxylic acids is 2. The van der Waals surface area contributed by atoms with Crippen LogP contribution in [0.15, 0.2) is 66.0 Å². The van der Waals surface area contributed by atoms with Gasteiger partial charge in [0.2, 0.25) is 5.91 Å². The number of nitrogens with zero attached hydrogens (tertiary/aromatic N) is 1. The minimum atomic E-state index is -0.689. The van der Waals surface area contributed by atoms with Crippen molar-refractivity contribution in [1.29, 1.82) is 0 Å². The van der Waals surface area contributed by atoms with Gasteiger partial charge in [-0.25, -0.2) is 0 Å². The maximum absolute atomic E-state index is 13.3. The molecule has 0 bridgehead atoms. The normalized spacial score (nSPS) is 11.5. The summed E-state index contributed by atoms with van der Waals surface area (Å²) in [6.45, 7) is 0.339. The number of benzene rings is 2. The van der Waals surface area contributed by atoms with Gasteiger partial charge in [0, 0.05) is 31.6 Å². The van der Waals surface area contributed by atoms with Crippen LogP contribution in [0.4, 0.5) is 0 Å². The average Bonchev–Trinajstić information content (AvgIpc) is 3.34. The Bertz CT molecular complexity index is 1010. The lowest BCUT2D eigenvalue weighted by atomic mass is 10.0. The Labute approximate surface area is 186 Å². The lowest BCUT2D eigenvalue weighted by molar-refractivity contribution is -0.132. The first-order valence-corrected chi connectivity index (χ1v) is 10.7. The van der Waals surface area contributed by atoms with Crippen molar-refractivity contribution in [2.75, 3.05) is 21.3 Å². The quantitative estimate of drug-likeness (QED) is 0.552. The smallest absolute Gasteiger partial charge is 0.262 e. The molecule has 7 heteroatoms. The summed E-state index contributed by atoms with van der Waals surface area (Å²) in [6.07, 6.45) is 0.404. The number of thiophene rings is 1. The Morgan fingerprint density at radius 3 is 2.45 bits per heavy atom. The van der Waals surface area contributed by atoms with Crippen LogP contribution in [0, 0.1) is 0 Å². The van der Waals surface area contributed by atoms with Gasteiger partial charge in [-0.05, 0) is 29.1 Å².